The van der Waals surface area contributed by atoms with Gasteiger partial charge < -0.3 is 15.2 Å². The largest absolute Gasteiger partial charge is 0.504 e. The number of phenolic OH excluding ortho intramolecular Hbond substituents is 1. The summed E-state index contributed by atoms with van der Waals surface area (Å²) in [5, 5.41) is 13.7. The summed E-state index contributed by atoms with van der Waals surface area (Å²) in [7, 11) is 1.58. The molecular weight excluding hydrogens is 282 g/mol. The molecule has 0 saturated carbocycles. The first kappa shape index (κ1) is 12.7. The van der Waals surface area contributed by atoms with Crippen LogP contribution in [0.4, 0.5) is 0 Å². The molecule has 1 fully saturated rings. The van der Waals surface area contributed by atoms with E-state index in [1.165, 1.54) is 12.8 Å². The molecule has 4 heteroatoms. The highest BCUT2D eigenvalue weighted by Gasteiger charge is 2.24. The van der Waals surface area contributed by atoms with Gasteiger partial charge in [-0.05, 0) is 37.9 Å². The topological polar surface area (TPSA) is 41.5 Å². The van der Waals surface area contributed by atoms with Crippen LogP contribution in [0.2, 0.25) is 0 Å². The lowest BCUT2D eigenvalue weighted by molar-refractivity contribution is 0.353. The van der Waals surface area contributed by atoms with Crippen LogP contribution in [0.25, 0.3) is 0 Å². The van der Waals surface area contributed by atoms with Gasteiger partial charge in [0, 0.05) is 16.1 Å². The summed E-state index contributed by atoms with van der Waals surface area (Å²) in [6.07, 6.45) is 3.45. The van der Waals surface area contributed by atoms with E-state index in [-0.39, 0.29) is 11.8 Å². The van der Waals surface area contributed by atoms with E-state index in [1.807, 2.05) is 13.0 Å². The second kappa shape index (κ2) is 5.27. The fourth-order valence-corrected chi connectivity index (χ4v) is 2.93. The maximum atomic E-state index is 10.3. The molecule has 1 aromatic rings. The number of hydrogen-bond acceptors (Lipinski definition) is 3. The molecule has 1 unspecified atom stereocenters. The Kier molecular flexibility index (Phi) is 3.94. The summed E-state index contributed by atoms with van der Waals surface area (Å²) in [4.78, 5) is 0. The lowest BCUT2D eigenvalue weighted by Crippen LogP contribution is -2.27. The lowest BCUT2D eigenvalue weighted by atomic mass is 9.95. The second-order valence-corrected chi connectivity index (χ2v) is 5.27. The monoisotopic (exact) mass is 299 g/mol. The molecule has 3 nitrogen and oxygen atoms in total. The Balaban J connectivity index is 2.46. The zero-order chi connectivity index (χ0) is 12.4. The van der Waals surface area contributed by atoms with Crippen molar-refractivity contribution in [1.29, 1.82) is 0 Å². The molecule has 1 saturated heterocycles. The summed E-state index contributed by atoms with van der Waals surface area (Å²) < 4.78 is 6.20. The van der Waals surface area contributed by atoms with Crippen molar-refractivity contribution in [1.82, 2.24) is 5.32 Å². The third-order valence-electron chi connectivity index (χ3n) is 3.30. The van der Waals surface area contributed by atoms with Crippen molar-refractivity contribution in [3.8, 4) is 11.5 Å². The molecular formula is C13H18BrNO2. The molecule has 0 radical (unpaired) electrons. The number of nitrogens with one attached hydrogen (secondary N) is 1. The van der Waals surface area contributed by atoms with Gasteiger partial charge in [-0.3, -0.25) is 0 Å². The SMILES string of the molecule is COc1cc(C)c(Br)c(C2CCCCN2)c1O. The number of aryl methyl sites for hydroxylation is 1. The quantitative estimate of drug-likeness (QED) is 0.880. The molecule has 1 aromatic carbocycles. The Morgan fingerprint density at radius 2 is 2.24 bits per heavy atom. The predicted octanol–water partition coefficient (Wildman–Crippen LogP) is 3.29. The molecule has 2 N–H and O–H groups in total. The lowest BCUT2D eigenvalue weighted by Gasteiger charge is -2.26. The maximum absolute atomic E-state index is 10.3. The molecule has 2 rings (SSSR count). The predicted molar refractivity (Wildman–Crippen MR) is 71.7 cm³/mol. The van der Waals surface area contributed by atoms with Crippen molar-refractivity contribution in [3.05, 3.63) is 21.7 Å². The number of phenols is 1. The first-order valence-electron chi connectivity index (χ1n) is 5.94. The van der Waals surface area contributed by atoms with Crippen LogP contribution >= 0.6 is 15.9 Å². The van der Waals surface area contributed by atoms with E-state index >= 15 is 0 Å². The summed E-state index contributed by atoms with van der Waals surface area (Å²) in [6, 6.07) is 2.07. The highest BCUT2D eigenvalue weighted by atomic mass is 79.9. The minimum atomic E-state index is 0.215. The van der Waals surface area contributed by atoms with E-state index in [9.17, 15) is 5.11 Å². The number of methoxy groups -OCH3 is 1. The fraction of sp³-hybridized carbons (Fsp3) is 0.538. The van der Waals surface area contributed by atoms with Gasteiger partial charge in [0.2, 0.25) is 0 Å². The van der Waals surface area contributed by atoms with Crippen molar-refractivity contribution in [2.24, 2.45) is 0 Å². The summed E-state index contributed by atoms with van der Waals surface area (Å²) >= 11 is 3.57. The van der Waals surface area contributed by atoms with Gasteiger partial charge in [0.15, 0.2) is 11.5 Å². The van der Waals surface area contributed by atoms with Crippen LogP contribution in [0.5, 0.6) is 11.5 Å². The second-order valence-electron chi connectivity index (χ2n) is 4.47. The van der Waals surface area contributed by atoms with Gasteiger partial charge in [-0.15, -0.1) is 0 Å². The molecule has 1 aliphatic heterocycles. The molecule has 17 heavy (non-hydrogen) atoms. The third kappa shape index (κ3) is 2.43. The molecule has 0 bridgehead atoms. The van der Waals surface area contributed by atoms with Crippen LogP contribution in [0, 0.1) is 6.92 Å². The highest BCUT2D eigenvalue weighted by molar-refractivity contribution is 9.10. The summed E-state index contributed by atoms with van der Waals surface area (Å²) in [6.45, 7) is 3.02. The van der Waals surface area contributed by atoms with Crippen molar-refractivity contribution in [3.63, 3.8) is 0 Å². The van der Waals surface area contributed by atoms with E-state index in [4.69, 9.17) is 4.74 Å². The zero-order valence-corrected chi connectivity index (χ0v) is 11.8. The van der Waals surface area contributed by atoms with Gasteiger partial charge in [-0.25, -0.2) is 0 Å². The smallest absolute Gasteiger partial charge is 0.163 e. The van der Waals surface area contributed by atoms with Crippen molar-refractivity contribution in [2.75, 3.05) is 13.7 Å². The number of hydrogen-bond donors (Lipinski definition) is 2. The van der Waals surface area contributed by atoms with Crippen LogP contribution in [-0.4, -0.2) is 18.8 Å². The Bertz CT molecular complexity index is 414. The number of benzene rings is 1. The van der Waals surface area contributed by atoms with Gasteiger partial charge in [0.05, 0.1) is 7.11 Å². The zero-order valence-electron chi connectivity index (χ0n) is 10.2. The van der Waals surface area contributed by atoms with Gasteiger partial charge in [-0.2, -0.15) is 0 Å². The Hall–Kier alpha value is -0.740. The van der Waals surface area contributed by atoms with E-state index in [2.05, 4.69) is 21.2 Å². The van der Waals surface area contributed by atoms with Crippen molar-refractivity contribution in [2.45, 2.75) is 32.2 Å². The Morgan fingerprint density at radius 1 is 1.47 bits per heavy atom. The van der Waals surface area contributed by atoms with Crippen LogP contribution in [0.1, 0.15) is 36.4 Å². The average molecular weight is 300 g/mol. The number of aromatic hydroxyl groups is 1. The summed E-state index contributed by atoms with van der Waals surface area (Å²) in [5.74, 6) is 0.803. The molecule has 0 aliphatic carbocycles. The average Bonchev–Trinajstić information content (AvgIpc) is 2.35. The Labute approximate surface area is 110 Å². The number of piperidine rings is 1. The minimum absolute atomic E-state index is 0.215. The highest BCUT2D eigenvalue weighted by Crippen LogP contribution is 2.43. The third-order valence-corrected chi connectivity index (χ3v) is 4.35. The van der Waals surface area contributed by atoms with Gasteiger partial charge in [0.25, 0.3) is 0 Å². The first-order valence-corrected chi connectivity index (χ1v) is 6.73. The van der Waals surface area contributed by atoms with E-state index in [1.54, 1.807) is 7.11 Å². The molecule has 0 spiro atoms. The number of halogens is 1. The van der Waals surface area contributed by atoms with Crippen LogP contribution in [0.3, 0.4) is 0 Å². The van der Waals surface area contributed by atoms with Crippen molar-refractivity contribution < 1.29 is 9.84 Å². The molecule has 0 aromatic heterocycles. The number of rotatable bonds is 2. The first-order chi connectivity index (χ1) is 8.15. The van der Waals surface area contributed by atoms with Crippen LogP contribution < -0.4 is 10.1 Å². The molecule has 1 atom stereocenters. The van der Waals surface area contributed by atoms with E-state index in [0.717, 1.165) is 28.6 Å². The van der Waals surface area contributed by atoms with Crippen LogP contribution in [0.15, 0.2) is 10.5 Å². The Morgan fingerprint density at radius 3 is 2.82 bits per heavy atom. The molecule has 1 heterocycles. The maximum Gasteiger partial charge on any atom is 0.163 e. The van der Waals surface area contributed by atoms with Gasteiger partial charge in [-0.1, -0.05) is 22.4 Å². The minimum Gasteiger partial charge on any atom is -0.504 e. The fourth-order valence-electron chi connectivity index (χ4n) is 2.35. The number of ether oxygens (including phenoxy) is 1. The van der Waals surface area contributed by atoms with Gasteiger partial charge >= 0.3 is 0 Å². The molecule has 94 valence electrons. The molecule has 1 aliphatic rings. The van der Waals surface area contributed by atoms with E-state index in [0.29, 0.717) is 5.75 Å². The van der Waals surface area contributed by atoms with Gasteiger partial charge in [0.1, 0.15) is 0 Å². The normalized spacial score (nSPS) is 20.3. The molecule has 0 amide bonds. The summed E-state index contributed by atoms with van der Waals surface area (Å²) in [5.41, 5.74) is 2.02. The van der Waals surface area contributed by atoms with E-state index < -0.39 is 0 Å². The standard InChI is InChI=1S/C13H18BrNO2/c1-8-7-10(17-2)13(16)11(12(8)14)9-5-3-4-6-15-9/h7,9,15-16H,3-6H2,1-2H3. The van der Waals surface area contributed by atoms with Crippen molar-refractivity contribution >= 4 is 15.9 Å². The van der Waals surface area contributed by atoms with Crippen LogP contribution in [-0.2, 0) is 0 Å².